The summed E-state index contributed by atoms with van der Waals surface area (Å²) in [6.45, 7) is 5.25. The number of aryl methyl sites for hydroxylation is 1. The highest BCUT2D eigenvalue weighted by atomic mass is 32.2. The zero-order valence-corrected chi connectivity index (χ0v) is 25.3. The number of nitrogens with one attached hydrogen (secondary N) is 1. The molecule has 3 rings (SSSR count). The summed E-state index contributed by atoms with van der Waals surface area (Å²) in [7, 11) is -0.980. The van der Waals surface area contributed by atoms with E-state index in [2.05, 4.69) is 5.32 Å². The van der Waals surface area contributed by atoms with Crippen LogP contribution in [-0.2, 0) is 32.6 Å². The molecule has 9 nitrogen and oxygen atoms in total. The summed E-state index contributed by atoms with van der Waals surface area (Å²) in [5.74, 6) is -0.0947. The summed E-state index contributed by atoms with van der Waals surface area (Å²) in [6, 6.07) is 20.6. The van der Waals surface area contributed by atoms with Crippen molar-refractivity contribution in [1.29, 1.82) is 0 Å². The fourth-order valence-corrected chi connectivity index (χ4v) is 5.34. The summed E-state index contributed by atoms with van der Waals surface area (Å²) in [5, 5.41) is 2.95. The SMILES string of the molecule is COc1ccc(N(CC(=O)N(Cc2ccccc2C)C(Cc2ccccc2)C(=O)NC(C)C)S(C)(=O)=O)cc1OC. The number of ether oxygens (including phenoxy) is 2. The van der Waals surface area contributed by atoms with Gasteiger partial charge < -0.3 is 19.7 Å². The van der Waals surface area contributed by atoms with Crippen LogP contribution in [0.5, 0.6) is 11.5 Å². The lowest BCUT2D eigenvalue weighted by molar-refractivity contribution is -0.140. The van der Waals surface area contributed by atoms with Crippen LogP contribution in [0.1, 0.15) is 30.5 Å². The molecule has 1 atom stereocenters. The van der Waals surface area contributed by atoms with Gasteiger partial charge in [-0.15, -0.1) is 0 Å². The fourth-order valence-electron chi connectivity index (χ4n) is 4.50. The third-order valence-electron chi connectivity index (χ3n) is 6.64. The predicted molar refractivity (Wildman–Crippen MR) is 161 cm³/mol. The fraction of sp³-hybridized carbons (Fsp3) is 0.355. The second-order valence-electron chi connectivity index (χ2n) is 10.1. The number of carbonyl (C=O) groups excluding carboxylic acids is 2. The lowest BCUT2D eigenvalue weighted by Crippen LogP contribution is -2.54. The van der Waals surface area contributed by atoms with Gasteiger partial charge in [-0.2, -0.15) is 0 Å². The molecule has 220 valence electrons. The van der Waals surface area contributed by atoms with Crippen molar-refractivity contribution in [2.45, 2.75) is 45.8 Å². The number of amides is 2. The van der Waals surface area contributed by atoms with E-state index >= 15 is 0 Å². The van der Waals surface area contributed by atoms with Crippen molar-refractivity contribution in [2.75, 3.05) is 31.3 Å². The number of carbonyl (C=O) groups is 2. The van der Waals surface area contributed by atoms with Gasteiger partial charge in [-0.25, -0.2) is 8.42 Å². The number of hydrogen-bond acceptors (Lipinski definition) is 6. The maximum Gasteiger partial charge on any atom is 0.244 e. The van der Waals surface area contributed by atoms with E-state index in [1.54, 1.807) is 12.1 Å². The Morgan fingerprint density at radius 2 is 1.54 bits per heavy atom. The third-order valence-corrected chi connectivity index (χ3v) is 7.78. The molecule has 0 spiro atoms. The monoisotopic (exact) mass is 581 g/mol. The molecule has 0 aliphatic rings. The van der Waals surface area contributed by atoms with Crippen LogP contribution in [0.3, 0.4) is 0 Å². The van der Waals surface area contributed by atoms with E-state index in [1.165, 1.54) is 25.2 Å². The molecule has 10 heteroatoms. The first-order valence-electron chi connectivity index (χ1n) is 13.3. The van der Waals surface area contributed by atoms with Crippen LogP contribution in [0.2, 0.25) is 0 Å². The molecule has 0 saturated heterocycles. The highest BCUT2D eigenvalue weighted by molar-refractivity contribution is 7.92. The third kappa shape index (κ3) is 8.47. The lowest BCUT2D eigenvalue weighted by Gasteiger charge is -2.34. The first-order chi connectivity index (χ1) is 19.4. The summed E-state index contributed by atoms with van der Waals surface area (Å²) in [4.78, 5) is 29.3. The van der Waals surface area contributed by atoms with Crippen LogP contribution in [-0.4, -0.2) is 64.2 Å². The zero-order valence-electron chi connectivity index (χ0n) is 24.5. The number of sulfonamides is 1. The number of rotatable bonds is 13. The van der Waals surface area contributed by atoms with Crippen molar-refractivity contribution >= 4 is 27.5 Å². The van der Waals surface area contributed by atoms with E-state index in [1.807, 2.05) is 75.4 Å². The van der Waals surface area contributed by atoms with E-state index in [4.69, 9.17) is 9.47 Å². The Morgan fingerprint density at radius 1 is 0.902 bits per heavy atom. The molecular formula is C31H39N3O6S. The normalized spacial score (nSPS) is 12.0. The van der Waals surface area contributed by atoms with Crippen molar-refractivity contribution in [3.8, 4) is 11.5 Å². The molecule has 3 aromatic carbocycles. The van der Waals surface area contributed by atoms with E-state index in [0.717, 1.165) is 27.3 Å². The first-order valence-corrected chi connectivity index (χ1v) is 15.2. The molecule has 0 bridgehead atoms. The second kappa shape index (κ2) is 14.0. The van der Waals surface area contributed by atoms with Gasteiger partial charge in [-0.05, 0) is 49.6 Å². The lowest BCUT2D eigenvalue weighted by atomic mass is 10.0. The average Bonchev–Trinajstić information content (AvgIpc) is 2.93. The summed E-state index contributed by atoms with van der Waals surface area (Å²) in [6.07, 6.45) is 1.29. The molecule has 0 radical (unpaired) electrons. The highest BCUT2D eigenvalue weighted by Gasteiger charge is 2.33. The van der Waals surface area contributed by atoms with Crippen molar-refractivity contribution in [2.24, 2.45) is 0 Å². The Bertz CT molecular complexity index is 1440. The minimum Gasteiger partial charge on any atom is -0.493 e. The van der Waals surface area contributed by atoms with E-state index in [-0.39, 0.29) is 30.6 Å². The van der Waals surface area contributed by atoms with Crippen LogP contribution >= 0.6 is 0 Å². The van der Waals surface area contributed by atoms with Crippen molar-refractivity contribution in [3.05, 3.63) is 89.5 Å². The van der Waals surface area contributed by atoms with Crippen molar-refractivity contribution in [3.63, 3.8) is 0 Å². The molecule has 3 aromatic rings. The molecular weight excluding hydrogens is 542 g/mol. The first kappa shape index (κ1) is 31.5. The van der Waals surface area contributed by atoms with Gasteiger partial charge in [0.25, 0.3) is 0 Å². The second-order valence-corrected chi connectivity index (χ2v) is 12.0. The number of methoxy groups -OCH3 is 2. The van der Waals surface area contributed by atoms with Crippen molar-refractivity contribution in [1.82, 2.24) is 10.2 Å². The Kier molecular flexibility index (Phi) is 10.8. The number of nitrogens with zero attached hydrogens (tertiary/aromatic N) is 2. The van der Waals surface area contributed by atoms with Gasteiger partial charge in [0.1, 0.15) is 12.6 Å². The Morgan fingerprint density at radius 3 is 2.12 bits per heavy atom. The van der Waals surface area contributed by atoms with Gasteiger partial charge in [0.05, 0.1) is 26.2 Å². The summed E-state index contributed by atoms with van der Waals surface area (Å²) in [5.41, 5.74) is 2.92. The molecule has 0 aromatic heterocycles. The molecule has 0 heterocycles. The smallest absolute Gasteiger partial charge is 0.244 e. The number of benzene rings is 3. The standard InChI is InChI=1S/C31H39N3O6S/c1-22(2)32-31(36)27(18-24-13-8-7-9-14-24)33(20-25-15-11-10-12-23(25)3)30(35)21-34(41(6,37)38)26-16-17-28(39-4)29(19-26)40-5/h7-17,19,22,27H,18,20-21H2,1-6H3,(H,32,36). The Hall–Kier alpha value is -4.05. The van der Waals surface area contributed by atoms with Crippen LogP contribution in [0.4, 0.5) is 5.69 Å². The summed E-state index contributed by atoms with van der Waals surface area (Å²) >= 11 is 0. The minimum absolute atomic E-state index is 0.123. The van der Waals surface area contributed by atoms with Crippen LogP contribution in [0.15, 0.2) is 72.8 Å². The molecule has 2 amide bonds. The molecule has 1 N–H and O–H groups in total. The van der Waals surface area contributed by atoms with Gasteiger partial charge in [-0.1, -0.05) is 54.6 Å². The van der Waals surface area contributed by atoms with E-state index in [9.17, 15) is 18.0 Å². The van der Waals surface area contributed by atoms with Gasteiger partial charge >= 0.3 is 0 Å². The maximum atomic E-state index is 14.2. The maximum absolute atomic E-state index is 14.2. The molecule has 41 heavy (non-hydrogen) atoms. The van der Waals surface area contributed by atoms with Gasteiger partial charge in [-0.3, -0.25) is 13.9 Å². The highest BCUT2D eigenvalue weighted by Crippen LogP contribution is 2.32. The topological polar surface area (TPSA) is 105 Å². The minimum atomic E-state index is -3.91. The van der Waals surface area contributed by atoms with Gasteiger partial charge in [0.15, 0.2) is 11.5 Å². The van der Waals surface area contributed by atoms with Crippen LogP contribution < -0.4 is 19.1 Å². The Balaban J connectivity index is 2.09. The van der Waals surface area contributed by atoms with E-state index < -0.39 is 28.5 Å². The molecule has 1 unspecified atom stereocenters. The Labute approximate surface area is 243 Å². The van der Waals surface area contributed by atoms with Crippen molar-refractivity contribution < 1.29 is 27.5 Å². The number of anilines is 1. The van der Waals surface area contributed by atoms with Gasteiger partial charge in [0.2, 0.25) is 21.8 Å². The van der Waals surface area contributed by atoms with E-state index in [0.29, 0.717) is 11.5 Å². The van der Waals surface area contributed by atoms with Crippen LogP contribution in [0.25, 0.3) is 0 Å². The molecule has 0 aliphatic heterocycles. The summed E-state index contributed by atoms with van der Waals surface area (Å²) < 4.78 is 37.7. The van der Waals surface area contributed by atoms with Crippen LogP contribution in [0, 0.1) is 6.92 Å². The average molecular weight is 582 g/mol. The van der Waals surface area contributed by atoms with Gasteiger partial charge in [0, 0.05) is 25.1 Å². The zero-order chi connectivity index (χ0) is 30.2. The predicted octanol–water partition coefficient (Wildman–Crippen LogP) is 3.94. The molecule has 0 aliphatic carbocycles. The number of hydrogen-bond donors (Lipinski definition) is 1. The molecule has 0 fully saturated rings. The quantitative estimate of drug-likeness (QED) is 0.328. The molecule has 0 saturated carbocycles. The largest absolute Gasteiger partial charge is 0.493 e.